The Bertz CT molecular complexity index is 1140. The summed E-state index contributed by atoms with van der Waals surface area (Å²) in [5.74, 6) is 1.48. The number of thiazole rings is 1. The van der Waals surface area contributed by atoms with Crippen molar-refractivity contribution < 1.29 is 13.2 Å². The van der Waals surface area contributed by atoms with Crippen LogP contribution in [-0.4, -0.2) is 62.4 Å². The zero-order valence-electron chi connectivity index (χ0n) is 16.7. The number of sulfone groups is 1. The van der Waals surface area contributed by atoms with Crippen LogP contribution in [0.5, 0.6) is 0 Å². The molecule has 1 aromatic heterocycles. The van der Waals surface area contributed by atoms with E-state index in [0.717, 1.165) is 15.6 Å². The number of rotatable bonds is 6. The number of nitrogens with zero attached hydrogens (tertiary/aromatic N) is 3. The van der Waals surface area contributed by atoms with Crippen LogP contribution in [-0.2, 0) is 20.4 Å². The zero-order chi connectivity index (χ0) is 21.1. The maximum Gasteiger partial charge on any atom is 0.232 e. The molecule has 158 valence electrons. The average Bonchev–Trinajstić information content (AvgIpc) is 3.18. The molecule has 2 heterocycles. The fraction of sp³-hybridized carbons (Fsp3) is 0.333. The number of benzene rings is 2. The van der Waals surface area contributed by atoms with Gasteiger partial charge >= 0.3 is 0 Å². The van der Waals surface area contributed by atoms with Gasteiger partial charge in [-0.25, -0.2) is 13.4 Å². The minimum Gasteiger partial charge on any atom is -0.345 e. The molecule has 30 heavy (non-hydrogen) atoms. The van der Waals surface area contributed by atoms with E-state index in [9.17, 15) is 13.2 Å². The normalized spacial score (nSPS) is 15.0. The van der Waals surface area contributed by atoms with Gasteiger partial charge in [-0.3, -0.25) is 4.79 Å². The quantitative estimate of drug-likeness (QED) is 0.561. The molecule has 3 aromatic rings. The number of piperazine rings is 1. The molecule has 4 rings (SSSR count). The molecule has 1 aliphatic heterocycles. The highest BCUT2D eigenvalue weighted by Crippen LogP contribution is 2.33. The van der Waals surface area contributed by atoms with Gasteiger partial charge in [0.05, 0.1) is 15.3 Å². The fourth-order valence-electron chi connectivity index (χ4n) is 3.41. The van der Waals surface area contributed by atoms with Gasteiger partial charge in [-0.2, -0.15) is 0 Å². The molecule has 0 spiro atoms. The van der Waals surface area contributed by atoms with Gasteiger partial charge in [0.2, 0.25) is 5.91 Å². The molecule has 1 aliphatic rings. The summed E-state index contributed by atoms with van der Waals surface area (Å²) >= 11 is 3.14. The number of anilines is 1. The molecule has 1 fully saturated rings. The topological polar surface area (TPSA) is 70.6 Å². The Labute approximate surface area is 184 Å². The Kier molecular flexibility index (Phi) is 6.31. The van der Waals surface area contributed by atoms with Crippen LogP contribution in [0.4, 0.5) is 5.13 Å². The maximum atomic E-state index is 12.5. The van der Waals surface area contributed by atoms with Crippen LogP contribution in [0, 0.1) is 0 Å². The van der Waals surface area contributed by atoms with E-state index in [4.69, 9.17) is 0 Å². The fourth-order valence-corrected chi connectivity index (χ4v) is 6.24. The van der Waals surface area contributed by atoms with Crippen molar-refractivity contribution in [2.24, 2.45) is 0 Å². The van der Waals surface area contributed by atoms with Gasteiger partial charge in [0.25, 0.3) is 0 Å². The summed E-state index contributed by atoms with van der Waals surface area (Å²) in [4.78, 5) is 21.5. The third kappa shape index (κ3) is 4.79. The van der Waals surface area contributed by atoms with Crippen LogP contribution in [0.2, 0.25) is 0 Å². The Morgan fingerprint density at radius 2 is 1.80 bits per heavy atom. The van der Waals surface area contributed by atoms with Crippen molar-refractivity contribution in [3.8, 4) is 0 Å². The molecule has 1 amide bonds. The second-order valence-electron chi connectivity index (χ2n) is 7.22. The number of amides is 1. The Morgan fingerprint density at radius 3 is 2.50 bits per heavy atom. The van der Waals surface area contributed by atoms with Gasteiger partial charge in [-0.1, -0.05) is 47.7 Å². The summed E-state index contributed by atoms with van der Waals surface area (Å²) in [5.41, 5.74) is 1.76. The Balaban J connectivity index is 1.35. The van der Waals surface area contributed by atoms with E-state index in [1.807, 2.05) is 29.2 Å². The highest BCUT2D eigenvalue weighted by atomic mass is 32.2. The molecule has 6 nitrogen and oxygen atoms in total. The lowest BCUT2D eigenvalue weighted by Crippen LogP contribution is -2.49. The standard InChI is InChI=1S/C21H23N3O3S3/c1-30(26,27)18-9-5-8-17-20(18)22-21(29-17)24-12-10-23(11-13-24)19(25)15-28-14-16-6-3-2-4-7-16/h2-9H,10-15H2,1H3. The first-order chi connectivity index (χ1) is 14.4. The van der Waals surface area contributed by atoms with Crippen LogP contribution in [0.15, 0.2) is 53.4 Å². The molecule has 0 atom stereocenters. The minimum atomic E-state index is -3.33. The van der Waals surface area contributed by atoms with Crippen LogP contribution in [0.1, 0.15) is 5.56 Å². The summed E-state index contributed by atoms with van der Waals surface area (Å²) in [7, 11) is -3.33. The largest absolute Gasteiger partial charge is 0.345 e. The Morgan fingerprint density at radius 1 is 1.07 bits per heavy atom. The van der Waals surface area contributed by atoms with Crippen molar-refractivity contribution in [1.29, 1.82) is 0 Å². The van der Waals surface area contributed by atoms with E-state index in [-0.39, 0.29) is 10.8 Å². The predicted molar refractivity (Wildman–Crippen MR) is 124 cm³/mol. The smallest absolute Gasteiger partial charge is 0.232 e. The summed E-state index contributed by atoms with van der Waals surface area (Å²) in [6, 6.07) is 15.4. The molecule has 0 radical (unpaired) electrons. The van der Waals surface area contributed by atoms with Gasteiger partial charge in [0.15, 0.2) is 15.0 Å². The third-order valence-corrected chi connectivity index (χ3v) is 8.21. The maximum absolute atomic E-state index is 12.5. The van der Waals surface area contributed by atoms with Gasteiger partial charge in [0, 0.05) is 38.2 Å². The number of hydrogen-bond acceptors (Lipinski definition) is 7. The lowest BCUT2D eigenvalue weighted by Gasteiger charge is -2.34. The van der Waals surface area contributed by atoms with E-state index in [1.165, 1.54) is 23.2 Å². The highest BCUT2D eigenvalue weighted by molar-refractivity contribution is 7.99. The van der Waals surface area contributed by atoms with Gasteiger partial charge < -0.3 is 9.80 Å². The van der Waals surface area contributed by atoms with Crippen molar-refractivity contribution in [2.45, 2.75) is 10.6 Å². The van der Waals surface area contributed by atoms with Gasteiger partial charge in [0.1, 0.15) is 5.52 Å². The number of carbonyl (C=O) groups excluding carboxylic acids is 1. The SMILES string of the molecule is CS(=O)(=O)c1cccc2sc(N3CCN(C(=O)CSCc4ccccc4)CC3)nc12. The van der Waals surface area contributed by atoms with E-state index in [0.29, 0.717) is 37.4 Å². The van der Waals surface area contributed by atoms with Crippen molar-refractivity contribution in [1.82, 2.24) is 9.88 Å². The molecule has 0 saturated carbocycles. The lowest BCUT2D eigenvalue weighted by molar-refractivity contribution is -0.128. The Hall–Kier alpha value is -2.10. The number of carbonyl (C=O) groups is 1. The molecular formula is C21H23N3O3S3. The minimum absolute atomic E-state index is 0.166. The van der Waals surface area contributed by atoms with Crippen molar-refractivity contribution in [2.75, 3.05) is 43.1 Å². The van der Waals surface area contributed by atoms with E-state index >= 15 is 0 Å². The number of hydrogen-bond donors (Lipinski definition) is 0. The molecule has 0 bridgehead atoms. The summed E-state index contributed by atoms with van der Waals surface area (Å²) < 4.78 is 24.9. The summed E-state index contributed by atoms with van der Waals surface area (Å²) in [6.45, 7) is 2.70. The zero-order valence-corrected chi connectivity index (χ0v) is 19.1. The average molecular weight is 462 g/mol. The van der Waals surface area contributed by atoms with Gasteiger partial charge in [-0.05, 0) is 17.7 Å². The first kappa shape index (κ1) is 21.1. The van der Waals surface area contributed by atoms with Gasteiger partial charge in [-0.15, -0.1) is 11.8 Å². The first-order valence-electron chi connectivity index (χ1n) is 9.66. The van der Waals surface area contributed by atoms with Crippen LogP contribution < -0.4 is 4.90 Å². The first-order valence-corrected chi connectivity index (χ1v) is 13.5. The van der Waals surface area contributed by atoms with Crippen LogP contribution in [0.3, 0.4) is 0 Å². The number of aromatic nitrogens is 1. The second-order valence-corrected chi connectivity index (χ2v) is 11.2. The predicted octanol–water partition coefficient (Wildman–Crippen LogP) is 3.28. The molecule has 2 aromatic carbocycles. The summed E-state index contributed by atoms with van der Waals surface area (Å²) in [5, 5.41) is 0.812. The van der Waals surface area contributed by atoms with Crippen molar-refractivity contribution in [3.63, 3.8) is 0 Å². The van der Waals surface area contributed by atoms with E-state index in [1.54, 1.807) is 23.9 Å². The molecule has 0 unspecified atom stereocenters. The molecule has 0 aliphatic carbocycles. The lowest BCUT2D eigenvalue weighted by atomic mass is 10.2. The van der Waals surface area contributed by atoms with E-state index < -0.39 is 9.84 Å². The number of fused-ring (bicyclic) bond motifs is 1. The molecular weight excluding hydrogens is 438 g/mol. The highest BCUT2D eigenvalue weighted by Gasteiger charge is 2.24. The van der Waals surface area contributed by atoms with Crippen LogP contribution in [0.25, 0.3) is 10.2 Å². The van der Waals surface area contributed by atoms with Crippen LogP contribution >= 0.6 is 23.1 Å². The summed E-state index contributed by atoms with van der Waals surface area (Å²) in [6.07, 6.45) is 1.21. The second kappa shape index (κ2) is 8.95. The monoisotopic (exact) mass is 461 g/mol. The molecule has 0 N–H and O–H groups in total. The van der Waals surface area contributed by atoms with Crippen molar-refractivity contribution in [3.05, 3.63) is 54.1 Å². The van der Waals surface area contributed by atoms with E-state index in [2.05, 4.69) is 22.0 Å². The van der Waals surface area contributed by atoms with Crippen molar-refractivity contribution >= 4 is 54.2 Å². The molecule has 1 saturated heterocycles. The molecule has 9 heteroatoms. The number of thioether (sulfide) groups is 1. The number of para-hydroxylation sites is 1. The third-order valence-electron chi connectivity index (χ3n) is 5.01.